The molecule has 14 heteroatoms. The topological polar surface area (TPSA) is 186 Å². The number of amides is 4. The van der Waals surface area contributed by atoms with Crippen molar-refractivity contribution in [3.8, 4) is 0 Å². The summed E-state index contributed by atoms with van der Waals surface area (Å²) in [6.45, 7) is 6.89. The lowest BCUT2D eigenvalue weighted by Crippen LogP contribution is -2.57. The molecule has 1 heterocycles. The second-order valence-corrected chi connectivity index (χ2v) is 15.3. The molecule has 1 saturated heterocycles. The maximum atomic E-state index is 14.2. The number of nitrogens with two attached hydrogens (primary N) is 1. The van der Waals surface area contributed by atoms with Crippen LogP contribution in [0.15, 0.2) is 88.9 Å². The summed E-state index contributed by atoms with van der Waals surface area (Å²) in [7, 11) is -4.10. The van der Waals surface area contributed by atoms with Gasteiger partial charge in [0.2, 0.25) is 15.9 Å². The van der Waals surface area contributed by atoms with Crippen molar-refractivity contribution in [3.05, 3.63) is 95.6 Å². The molecule has 1 aliphatic rings. The van der Waals surface area contributed by atoms with Gasteiger partial charge in [-0.25, -0.2) is 13.2 Å². The summed E-state index contributed by atoms with van der Waals surface area (Å²) in [6.07, 6.45) is 0.496. The Morgan fingerprint density at radius 1 is 1.00 bits per heavy atom. The SMILES string of the molecule is CC[C@H](C)[C@@H](C(=O)N[C@@H](Cc1ccccc1)[C@H](O)CN(CC(C)C)S(=O)(=O)c1ccc(/C=N/O)cc1)N1CC(=O)N(Cc2cccc(N)c2)C1=O. The quantitative estimate of drug-likeness (QED) is 0.0535. The molecule has 4 amide bonds. The summed E-state index contributed by atoms with van der Waals surface area (Å²) in [4.78, 5) is 43.5. The third kappa shape index (κ3) is 9.93. The minimum Gasteiger partial charge on any atom is -0.411 e. The maximum Gasteiger partial charge on any atom is 0.328 e. The Bertz CT molecular complexity index is 1790. The molecule has 0 aromatic heterocycles. The van der Waals surface area contributed by atoms with Crippen molar-refractivity contribution in [1.82, 2.24) is 19.4 Å². The number of nitrogens with zero attached hydrogens (tertiary/aromatic N) is 4. The van der Waals surface area contributed by atoms with Crippen LogP contribution < -0.4 is 11.1 Å². The van der Waals surface area contributed by atoms with Crippen molar-refractivity contribution in [2.24, 2.45) is 17.0 Å². The van der Waals surface area contributed by atoms with Crippen LogP contribution in [0, 0.1) is 11.8 Å². The number of hydrogen-bond acceptors (Lipinski definition) is 9. The number of aliphatic hydroxyl groups is 1. The number of anilines is 1. The first kappa shape index (κ1) is 39.0. The molecule has 3 aromatic rings. The lowest BCUT2D eigenvalue weighted by atomic mass is 9.95. The number of urea groups is 1. The number of benzene rings is 3. The smallest absolute Gasteiger partial charge is 0.328 e. The normalized spacial score (nSPS) is 16.2. The third-order valence-electron chi connectivity index (χ3n) is 8.94. The second-order valence-electron chi connectivity index (χ2n) is 13.4. The largest absolute Gasteiger partial charge is 0.411 e. The fourth-order valence-electron chi connectivity index (χ4n) is 6.11. The highest BCUT2D eigenvalue weighted by molar-refractivity contribution is 7.89. The number of rotatable bonds is 17. The Balaban J connectivity index is 1.62. The molecule has 51 heavy (non-hydrogen) atoms. The molecule has 0 saturated carbocycles. The fourth-order valence-corrected chi connectivity index (χ4v) is 7.73. The minimum absolute atomic E-state index is 0.00130. The first-order valence-electron chi connectivity index (χ1n) is 17.0. The summed E-state index contributed by atoms with van der Waals surface area (Å²) in [6, 6.07) is 19.3. The number of carbonyl (C=O) groups is 3. The van der Waals surface area contributed by atoms with Crippen molar-refractivity contribution in [2.45, 2.75) is 70.2 Å². The van der Waals surface area contributed by atoms with Crippen LogP contribution in [-0.2, 0) is 32.6 Å². The van der Waals surface area contributed by atoms with E-state index in [-0.39, 0.29) is 49.3 Å². The van der Waals surface area contributed by atoms with E-state index in [1.807, 2.05) is 58.0 Å². The molecule has 0 spiro atoms. The number of oxime groups is 1. The van der Waals surface area contributed by atoms with E-state index in [9.17, 15) is 27.9 Å². The summed E-state index contributed by atoms with van der Waals surface area (Å²) in [5.74, 6) is -1.47. The second kappa shape index (κ2) is 17.4. The van der Waals surface area contributed by atoms with Crippen molar-refractivity contribution < 1.29 is 33.1 Å². The van der Waals surface area contributed by atoms with E-state index in [1.54, 1.807) is 24.3 Å². The van der Waals surface area contributed by atoms with Crippen LogP contribution in [0.2, 0.25) is 0 Å². The van der Waals surface area contributed by atoms with Crippen LogP contribution in [0.1, 0.15) is 50.8 Å². The maximum absolute atomic E-state index is 14.2. The van der Waals surface area contributed by atoms with E-state index >= 15 is 0 Å². The zero-order valence-corrected chi connectivity index (χ0v) is 30.2. The van der Waals surface area contributed by atoms with E-state index in [1.165, 1.54) is 39.7 Å². The third-order valence-corrected chi connectivity index (χ3v) is 10.8. The molecule has 0 unspecified atom stereocenters. The molecule has 4 rings (SSSR count). The van der Waals surface area contributed by atoms with Crippen LogP contribution in [0.5, 0.6) is 0 Å². The highest BCUT2D eigenvalue weighted by atomic mass is 32.2. The van der Waals surface area contributed by atoms with Crippen LogP contribution >= 0.6 is 0 Å². The highest BCUT2D eigenvalue weighted by Crippen LogP contribution is 2.25. The Morgan fingerprint density at radius 3 is 2.27 bits per heavy atom. The lowest BCUT2D eigenvalue weighted by molar-refractivity contribution is -0.129. The van der Waals surface area contributed by atoms with E-state index in [4.69, 9.17) is 10.9 Å². The number of aliphatic hydroxyl groups excluding tert-OH is 1. The first-order valence-corrected chi connectivity index (χ1v) is 18.4. The van der Waals surface area contributed by atoms with Crippen molar-refractivity contribution in [2.75, 3.05) is 25.4 Å². The monoisotopic (exact) mass is 720 g/mol. The molecule has 274 valence electrons. The molecule has 0 bridgehead atoms. The van der Waals surface area contributed by atoms with Crippen LogP contribution in [0.3, 0.4) is 0 Å². The Kier molecular flexibility index (Phi) is 13.3. The lowest BCUT2D eigenvalue weighted by Gasteiger charge is -2.34. The molecule has 0 aliphatic carbocycles. The zero-order chi connectivity index (χ0) is 37.3. The van der Waals surface area contributed by atoms with Gasteiger partial charge in [0.25, 0.3) is 5.91 Å². The minimum atomic E-state index is -4.10. The molecule has 1 aliphatic heterocycles. The van der Waals surface area contributed by atoms with E-state index in [0.29, 0.717) is 23.2 Å². The summed E-state index contributed by atoms with van der Waals surface area (Å²) >= 11 is 0. The fraction of sp³-hybridized carbons (Fsp3) is 0.405. The van der Waals surface area contributed by atoms with Gasteiger partial charge < -0.3 is 26.3 Å². The van der Waals surface area contributed by atoms with E-state index < -0.39 is 46.1 Å². The van der Waals surface area contributed by atoms with Gasteiger partial charge in [-0.1, -0.05) is 93.9 Å². The molecule has 13 nitrogen and oxygen atoms in total. The van der Waals surface area contributed by atoms with Crippen molar-refractivity contribution >= 4 is 39.8 Å². The van der Waals surface area contributed by atoms with Gasteiger partial charge in [0, 0.05) is 18.8 Å². The number of nitrogens with one attached hydrogen (secondary N) is 1. The Morgan fingerprint density at radius 2 is 1.67 bits per heavy atom. The van der Waals surface area contributed by atoms with E-state index in [0.717, 1.165) is 10.5 Å². The first-order chi connectivity index (χ1) is 24.2. The highest BCUT2D eigenvalue weighted by Gasteiger charge is 2.45. The van der Waals surface area contributed by atoms with Crippen LogP contribution in [0.25, 0.3) is 0 Å². The van der Waals surface area contributed by atoms with Crippen molar-refractivity contribution in [3.63, 3.8) is 0 Å². The predicted octanol–water partition coefficient (Wildman–Crippen LogP) is 3.69. The zero-order valence-electron chi connectivity index (χ0n) is 29.4. The summed E-state index contributed by atoms with van der Waals surface area (Å²) in [5.41, 5.74) is 8.36. The average Bonchev–Trinajstić information content (AvgIpc) is 3.36. The summed E-state index contributed by atoms with van der Waals surface area (Å²) < 4.78 is 29.0. The van der Waals surface area contributed by atoms with Crippen LogP contribution in [-0.4, -0.2) is 94.7 Å². The number of sulfonamides is 1. The standard InChI is InChI=1S/C37H48N6O7S/c1-5-26(4)35(43-24-34(45)42(37(43)47)22-29-12-9-13-30(38)18-29)36(46)40-32(19-27-10-7-6-8-11-27)33(44)23-41(21-25(2)3)51(49,50)31-16-14-28(15-17-31)20-39-48/h6-18,20,25-26,32-33,35,44,48H,5,19,21-24,38H2,1-4H3,(H,40,46)/b39-20+/t26-,32-,33+,35-/m0/s1. The van der Waals surface area contributed by atoms with Crippen molar-refractivity contribution in [1.29, 1.82) is 0 Å². The molecule has 5 N–H and O–H groups in total. The number of hydrogen-bond donors (Lipinski definition) is 4. The van der Waals surface area contributed by atoms with Gasteiger partial charge in [-0.3, -0.25) is 14.5 Å². The van der Waals surface area contributed by atoms with Gasteiger partial charge in [-0.2, -0.15) is 4.31 Å². The van der Waals surface area contributed by atoms with Gasteiger partial charge in [-0.05, 0) is 59.2 Å². The van der Waals surface area contributed by atoms with Gasteiger partial charge in [0.1, 0.15) is 12.6 Å². The average molecular weight is 721 g/mol. The van der Waals surface area contributed by atoms with Gasteiger partial charge in [0.05, 0.1) is 29.8 Å². The Labute approximate surface area is 299 Å². The molecular formula is C37H48N6O7S. The molecule has 4 atom stereocenters. The predicted molar refractivity (Wildman–Crippen MR) is 194 cm³/mol. The van der Waals surface area contributed by atoms with Gasteiger partial charge >= 0.3 is 6.03 Å². The number of imide groups is 1. The molecular weight excluding hydrogens is 673 g/mol. The van der Waals surface area contributed by atoms with Gasteiger partial charge in [0.15, 0.2) is 0 Å². The summed E-state index contributed by atoms with van der Waals surface area (Å²) in [5, 5.41) is 26.5. The number of nitrogen functional groups attached to an aromatic ring is 1. The Hall–Kier alpha value is -4.79. The number of carbonyl (C=O) groups excluding carboxylic acids is 3. The molecule has 3 aromatic carbocycles. The van der Waals surface area contributed by atoms with Crippen LogP contribution in [0.4, 0.5) is 10.5 Å². The molecule has 1 fully saturated rings. The van der Waals surface area contributed by atoms with E-state index in [2.05, 4.69) is 10.5 Å². The molecule has 0 radical (unpaired) electrons. The van der Waals surface area contributed by atoms with Gasteiger partial charge in [-0.15, -0.1) is 0 Å².